The molecule has 0 fully saturated rings. The van der Waals surface area contributed by atoms with Crippen molar-refractivity contribution >= 4 is 15.7 Å². The van der Waals surface area contributed by atoms with Gasteiger partial charge < -0.3 is 0 Å². The van der Waals surface area contributed by atoms with E-state index in [1.165, 1.54) is 24.3 Å². The van der Waals surface area contributed by atoms with Gasteiger partial charge in [0.25, 0.3) is 5.69 Å². The Balaban J connectivity index is 2.18. The van der Waals surface area contributed by atoms with Crippen LogP contribution in [0.2, 0.25) is 0 Å². The summed E-state index contributed by atoms with van der Waals surface area (Å²) in [5.74, 6) is 0.287. The number of sulfonamides is 1. The zero-order chi connectivity index (χ0) is 17.0. The highest BCUT2D eigenvalue weighted by atomic mass is 32.2. The van der Waals surface area contributed by atoms with Crippen molar-refractivity contribution < 1.29 is 13.3 Å². The maximum atomic E-state index is 12.3. The maximum Gasteiger partial charge on any atom is 0.269 e. The molecule has 0 saturated heterocycles. The van der Waals surface area contributed by atoms with Crippen molar-refractivity contribution in [1.29, 1.82) is 0 Å². The van der Waals surface area contributed by atoms with Gasteiger partial charge in [0.15, 0.2) is 0 Å². The number of benzene rings is 2. The number of hydrogen-bond donors (Lipinski definition) is 1. The van der Waals surface area contributed by atoms with Crippen LogP contribution in [0.3, 0.4) is 0 Å². The summed E-state index contributed by atoms with van der Waals surface area (Å²) in [5, 5.41) is 10.6. The van der Waals surface area contributed by atoms with Crippen LogP contribution in [0.25, 0.3) is 0 Å². The topological polar surface area (TPSA) is 89.3 Å². The van der Waals surface area contributed by atoms with Gasteiger partial charge in [-0.1, -0.05) is 38.1 Å². The largest absolute Gasteiger partial charge is 0.269 e. The molecule has 0 radical (unpaired) electrons. The molecule has 0 spiro atoms. The highest BCUT2D eigenvalue weighted by Crippen LogP contribution is 2.20. The molecular weight excluding hydrogens is 316 g/mol. The van der Waals surface area contributed by atoms with Crippen LogP contribution in [0, 0.1) is 10.1 Å². The molecule has 23 heavy (non-hydrogen) atoms. The average Bonchev–Trinajstić information content (AvgIpc) is 2.53. The standard InChI is InChI=1S/C16H18N2O4S/c1-12(2)16-6-4-3-5-13(16)11-17-23(21,22)15-9-7-14(8-10-15)18(19)20/h3-10,12,17H,11H2,1-2H3. The minimum Gasteiger partial charge on any atom is -0.258 e. The van der Waals surface area contributed by atoms with E-state index in [0.717, 1.165) is 11.1 Å². The zero-order valence-electron chi connectivity index (χ0n) is 12.9. The number of nitro benzene ring substituents is 1. The van der Waals surface area contributed by atoms with Crippen molar-refractivity contribution in [2.24, 2.45) is 0 Å². The summed E-state index contributed by atoms with van der Waals surface area (Å²) in [5.41, 5.74) is 1.85. The smallest absolute Gasteiger partial charge is 0.258 e. The quantitative estimate of drug-likeness (QED) is 0.649. The molecule has 0 amide bonds. The highest BCUT2D eigenvalue weighted by molar-refractivity contribution is 7.89. The first-order valence-electron chi connectivity index (χ1n) is 7.13. The Morgan fingerprint density at radius 2 is 1.70 bits per heavy atom. The van der Waals surface area contributed by atoms with Gasteiger partial charge in [0.1, 0.15) is 0 Å². The van der Waals surface area contributed by atoms with Crippen molar-refractivity contribution in [2.75, 3.05) is 0 Å². The Labute approximate surface area is 135 Å². The Morgan fingerprint density at radius 3 is 2.26 bits per heavy atom. The molecule has 6 nitrogen and oxygen atoms in total. The van der Waals surface area contributed by atoms with Gasteiger partial charge in [0.05, 0.1) is 9.82 Å². The first-order valence-corrected chi connectivity index (χ1v) is 8.61. The molecule has 2 aromatic carbocycles. The zero-order valence-corrected chi connectivity index (χ0v) is 13.7. The summed E-state index contributed by atoms with van der Waals surface area (Å²) < 4.78 is 27.1. The minimum atomic E-state index is -3.72. The summed E-state index contributed by atoms with van der Waals surface area (Å²) in [7, 11) is -3.72. The van der Waals surface area contributed by atoms with Crippen molar-refractivity contribution in [2.45, 2.75) is 31.2 Å². The fourth-order valence-corrected chi connectivity index (χ4v) is 3.27. The minimum absolute atomic E-state index is 0.00475. The van der Waals surface area contributed by atoms with Gasteiger partial charge in [0.2, 0.25) is 10.0 Å². The lowest BCUT2D eigenvalue weighted by atomic mass is 9.97. The molecule has 7 heteroatoms. The molecule has 2 aromatic rings. The van der Waals surface area contributed by atoms with Crippen molar-refractivity contribution in [3.05, 3.63) is 69.8 Å². The number of nitrogens with zero attached hydrogens (tertiary/aromatic N) is 1. The van der Waals surface area contributed by atoms with Gasteiger partial charge in [-0.25, -0.2) is 13.1 Å². The molecule has 2 rings (SSSR count). The van der Waals surface area contributed by atoms with Crippen LogP contribution in [0.1, 0.15) is 30.9 Å². The number of nitro groups is 1. The Morgan fingerprint density at radius 1 is 1.09 bits per heavy atom. The molecular formula is C16H18N2O4S. The third-order valence-corrected chi connectivity index (χ3v) is 4.90. The Kier molecular flexibility index (Phi) is 5.12. The predicted molar refractivity (Wildman–Crippen MR) is 87.7 cm³/mol. The molecule has 0 aliphatic rings. The van der Waals surface area contributed by atoms with Gasteiger partial charge in [0, 0.05) is 18.7 Å². The van der Waals surface area contributed by atoms with E-state index in [0.29, 0.717) is 0 Å². The molecule has 1 N–H and O–H groups in total. The molecule has 0 atom stereocenters. The number of hydrogen-bond acceptors (Lipinski definition) is 4. The second kappa shape index (κ2) is 6.89. The van der Waals surface area contributed by atoms with Crippen LogP contribution >= 0.6 is 0 Å². The lowest BCUT2D eigenvalue weighted by molar-refractivity contribution is -0.384. The van der Waals surface area contributed by atoms with Crippen LogP contribution in [0.5, 0.6) is 0 Å². The lowest BCUT2D eigenvalue weighted by Crippen LogP contribution is -2.24. The average molecular weight is 334 g/mol. The Hall–Kier alpha value is -2.25. The van der Waals surface area contributed by atoms with E-state index in [1.807, 2.05) is 38.1 Å². The van der Waals surface area contributed by atoms with Crippen LogP contribution in [0.15, 0.2) is 53.4 Å². The monoisotopic (exact) mass is 334 g/mol. The van der Waals surface area contributed by atoms with E-state index in [1.54, 1.807) is 0 Å². The molecule has 0 unspecified atom stereocenters. The second-order valence-electron chi connectivity index (χ2n) is 5.43. The summed E-state index contributed by atoms with van der Waals surface area (Å²) in [6.45, 7) is 4.26. The SMILES string of the molecule is CC(C)c1ccccc1CNS(=O)(=O)c1ccc([N+](=O)[O-])cc1. The molecule has 0 heterocycles. The summed E-state index contributed by atoms with van der Waals surface area (Å²) in [6.07, 6.45) is 0. The van der Waals surface area contributed by atoms with Crippen LogP contribution < -0.4 is 4.72 Å². The molecule has 122 valence electrons. The molecule has 0 aliphatic carbocycles. The third-order valence-electron chi connectivity index (χ3n) is 3.49. The molecule has 0 bridgehead atoms. The van der Waals surface area contributed by atoms with Crippen LogP contribution in [-0.4, -0.2) is 13.3 Å². The molecule has 0 saturated carbocycles. The lowest BCUT2D eigenvalue weighted by Gasteiger charge is -2.13. The van der Waals surface area contributed by atoms with Gasteiger partial charge in [-0.2, -0.15) is 0 Å². The first-order chi connectivity index (χ1) is 10.8. The van der Waals surface area contributed by atoms with E-state index in [4.69, 9.17) is 0 Å². The second-order valence-corrected chi connectivity index (χ2v) is 7.20. The third kappa shape index (κ3) is 4.14. The summed E-state index contributed by atoms with van der Waals surface area (Å²) in [6, 6.07) is 12.5. The van der Waals surface area contributed by atoms with Crippen LogP contribution in [-0.2, 0) is 16.6 Å². The van der Waals surface area contributed by atoms with E-state index in [2.05, 4.69) is 4.72 Å². The summed E-state index contributed by atoms with van der Waals surface area (Å²) >= 11 is 0. The molecule has 0 aromatic heterocycles. The fourth-order valence-electron chi connectivity index (χ4n) is 2.26. The van der Waals surface area contributed by atoms with Gasteiger partial charge >= 0.3 is 0 Å². The highest BCUT2D eigenvalue weighted by Gasteiger charge is 2.16. The van der Waals surface area contributed by atoms with Gasteiger partial charge in [-0.3, -0.25) is 10.1 Å². The van der Waals surface area contributed by atoms with Gasteiger partial charge in [-0.15, -0.1) is 0 Å². The van der Waals surface area contributed by atoms with E-state index in [9.17, 15) is 18.5 Å². The fraction of sp³-hybridized carbons (Fsp3) is 0.250. The van der Waals surface area contributed by atoms with Crippen molar-refractivity contribution in [1.82, 2.24) is 4.72 Å². The Bertz CT molecular complexity index is 799. The maximum absolute atomic E-state index is 12.3. The predicted octanol–water partition coefficient (Wildman–Crippen LogP) is 3.20. The summed E-state index contributed by atoms with van der Waals surface area (Å²) in [4.78, 5) is 10.1. The van der Waals surface area contributed by atoms with E-state index in [-0.39, 0.29) is 23.0 Å². The molecule has 0 aliphatic heterocycles. The van der Waals surface area contributed by atoms with Gasteiger partial charge in [-0.05, 0) is 29.2 Å². The number of rotatable bonds is 6. The van der Waals surface area contributed by atoms with E-state index >= 15 is 0 Å². The number of nitrogens with one attached hydrogen (secondary N) is 1. The van der Waals surface area contributed by atoms with Crippen LogP contribution in [0.4, 0.5) is 5.69 Å². The number of non-ortho nitro benzene ring substituents is 1. The normalized spacial score (nSPS) is 11.6. The van der Waals surface area contributed by atoms with E-state index < -0.39 is 14.9 Å². The first kappa shape index (κ1) is 17.1. The van der Waals surface area contributed by atoms with Crippen molar-refractivity contribution in [3.8, 4) is 0 Å². The van der Waals surface area contributed by atoms with Crippen molar-refractivity contribution in [3.63, 3.8) is 0 Å².